The molecule has 0 spiro atoms. The molecule has 1 aromatic carbocycles. The van der Waals surface area contributed by atoms with Crippen LogP contribution in [0.2, 0.25) is 5.28 Å². The quantitative estimate of drug-likeness (QED) is 0.280. The molecule has 1 fully saturated rings. The van der Waals surface area contributed by atoms with Gasteiger partial charge in [0.25, 0.3) is 5.19 Å². The molecule has 174 valence electrons. The highest BCUT2D eigenvalue weighted by Crippen LogP contribution is 2.33. The molecule has 1 aliphatic heterocycles. The Hall–Kier alpha value is -2.61. The summed E-state index contributed by atoms with van der Waals surface area (Å²) in [4.78, 5) is 17.3. The Kier molecular flexibility index (Phi) is 6.03. The summed E-state index contributed by atoms with van der Waals surface area (Å²) in [5.74, 6) is 0.385. The molecule has 1 saturated heterocycles. The molecule has 0 aliphatic carbocycles. The Morgan fingerprint density at radius 1 is 1.24 bits per heavy atom. The Morgan fingerprint density at radius 2 is 2.06 bits per heavy atom. The van der Waals surface area contributed by atoms with Crippen LogP contribution in [0, 0.1) is 0 Å². The lowest BCUT2D eigenvalue weighted by Crippen LogP contribution is -2.33. The average Bonchev–Trinajstić information content (AvgIpc) is 3.48. The van der Waals surface area contributed by atoms with Gasteiger partial charge in [0.05, 0.1) is 29.2 Å². The van der Waals surface area contributed by atoms with Crippen LogP contribution in [0.3, 0.4) is 0 Å². The van der Waals surface area contributed by atoms with Crippen molar-refractivity contribution in [3.63, 3.8) is 0 Å². The summed E-state index contributed by atoms with van der Waals surface area (Å²) < 4.78 is 13.9. The second kappa shape index (κ2) is 8.97. The summed E-state index contributed by atoms with van der Waals surface area (Å²) in [6, 6.07) is 7.63. The van der Waals surface area contributed by atoms with Crippen LogP contribution in [-0.4, -0.2) is 77.4 Å². The lowest BCUT2D eigenvalue weighted by molar-refractivity contribution is -0.0511. The van der Waals surface area contributed by atoms with Crippen LogP contribution >= 0.6 is 22.9 Å². The molecule has 3 aromatic heterocycles. The molecular weight excluding hydrogens is 472 g/mol. The fraction of sp³-hybridized carbons (Fsp3) is 0.400. The van der Waals surface area contributed by atoms with E-state index in [0.717, 1.165) is 10.2 Å². The van der Waals surface area contributed by atoms with Crippen LogP contribution in [0.15, 0.2) is 30.6 Å². The van der Waals surface area contributed by atoms with Crippen LogP contribution in [0.1, 0.15) is 13.2 Å². The molecule has 0 amide bonds. The van der Waals surface area contributed by atoms with Gasteiger partial charge < -0.3 is 30.1 Å². The standard InChI is InChI=1S/C20H21ClN6O5S/c1-9(7-31-20-24-10-4-2-3-5-12(10)33-20)23-16-13-17(26-19(21)25-16)27(8-22-13)18-15(30)14(29)11(6-28)32-18/h2-5,8-9,11,14-15,18,28-30H,6-7H2,1H3,(H,23,25,26). The highest BCUT2D eigenvalue weighted by Gasteiger charge is 2.44. The number of fused-ring (bicyclic) bond motifs is 2. The first kappa shape index (κ1) is 22.2. The summed E-state index contributed by atoms with van der Waals surface area (Å²) in [7, 11) is 0. The maximum Gasteiger partial charge on any atom is 0.274 e. The molecule has 4 heterocycles. The molecule has 1 aliphatic rings. The molecule has 5 unspecified atom stereocenters. The number of benzene rings is 1. The van der Waals surface area contributed by atoms with Crippen LogP contribution in [0.25, 0.3) is 21.4 Å². The second-order valence-electron chi connectivity index (χ2n) is 7.70. The number of para-hydroxylation sites is 1. The van der Waals surface area contributed by atoms with E-state index in [1.165, 1.54) is 22.2 Å². The van der Waals surface area contributed by atoms with Gasteiger partial charge in [-0.05, 0) is 30.7 Å². The van der Waals surface area contributed by atoms with Gasteiger partial charge in [-0.3, -0.25) is 4.57 Å². The SMILES string of the molecule is CC(COc1nc2ccccc2s1)Nc1nc(Cl)nc2c1ncn2C1OC(CO)C(O)C1O. The number of halogens is 1. The normalized spacial score (nSPS) is 23.9. The van der Waals surface area contributed by atoms with E-state index < -0.39 is 31.1 Å². The molecule has 0 saturated carbocycles. The number of imidazole rings is 1. The molecule has 4 aromatic rings. The molecule has 0 bridgehead atoms. The summed E-state index contributed by atoms with van der Waals surface area (Å²) >= 11 is 7.62. The van der Waals surface area contributed by atoms with Crippen molar-refractivity contribution in [2.24, 2.45) is 0 Å². The molecule has 4 N–H and O–H groups in total. The number of ether oxygens (including phenoxy) is 2. The van der Waals surface area contributed by atoms with Crippen LogP contribution < -0.4 is 10.1 Å². The number of anilines is 1. The van der Waals surface area contributed by atoms with Gasteiger partial charge in [0.2, 0.25) is 5.28 Å². The van der Waals surface area contributed by atoms with E-state index in [4.69, 9.17) is 21.1 Å². The number of aromatic nitrogens is 5. The maximum absolute atomic E-state index is 10.4. The van der Waals surface area contributed by atoms with Gasteiger partial charge in [0.1, 0.15) is 24.9 Å². The van der Waals surface area contributed by atoms with Crippen molar-refractivity contribution in [3.05, 3.63) is 35.9 Å². The Balaban J connectivity index is 1.34. The second-order valence-corrected chi connectivity index (χ2v) is 9.03. The van der Waals surface area contributed by atoms with E-state index in [-0.39, 0.29) is 11.3 Å². The maximum atomic E-state index is 10.4. The molecule has 11 nitrogen and oxygen atoms in total. The van der Waals surface area contributed by atoms with Gasteiger partial charge in [-0.1, -0.05) is 23.5 Å². The van der Waals surface area contributed by atoms with Crippen molar-refractivity contribution >= 4 is 50.1 Å². The van der Waals surface area contributed by atoms with Crippen molar-refractivity contribution in [2.45, 2.75) is 37.5 Å². The first-order chi connectivity index (χ1) is 15.9. The van der Waals surface area contributed by atoms with E-state index in [1.807, 2.05) is 31.2 Å². The third-order valence-electron chi connectivity index (χ3n) is 5.30. The van der Waals surface area contributed by atoms with E-state index >= 15 is 0 Å². The fourth-order valence-corrected chi connectivity index (χ4v) is 4.66. The minimum atomic E-state index is -1.27. The Morgan fingerprint density at radius 3 is 2.82 bits per heavy atom. The Bertz CT molecular complexity index is 1250. The van der Waals surface area contributed by atoms with Gasteiger partial charge in [0.15, 0.2) is 23.2 Å². The molecule has 13 heteroatoms. The monoisotopic (exact) mass is 492 g/mol. The number of nitrogens with zero attached hydrogens (tertiary/aromatic N) is 5. The number of nitrogens with one attached hydrogen (secondary N) is 1. The van der Waals surface area contributed by atoms with Gasteiger partial charge >= 0.3 is 0 Å². The average molecular weight is 493 g/mol. The summed E-state index contributed by atoms with van der Waals surface area (Å²) in [5.41, 5.74) is 1.61. The van der Waals surface area contributed by atoms with Crippen LogP contribution in [0.5, 0.6) is 5.19 Å². The van der Waals surface area contributed by atoms with Gasteiger partial charge in [0, 0.05) is 0 Å². The fourth-order valence-electron chi connectivity index (χ4n) is 3.67. The third-order valence-corrected chi connectivity index (χ3v) is 6.42. The lowest BCUT2D eigenvalue weighted by atomic mass is 10.1. The molecule has 33 heavy (non-hydrogen) atoms. The van der Waals surface area contributed by atoms with Gasteiger partial charge in [-0.25, -0.2) is 9.97 Å². The molecule has 0 radical (unpaired) electrons. The topological polar surface area (TPSA) is 148 Å². The molecular formula is C20H21ClN6O5S. The number of aliphatic hydroxyl groups excluding tert-OH is 3. The number of aliphatic hydroxyl groups is 3. The van der Waals surface area contributed by atoms with E-state index in [0.29, 0.717) is 28.8 Å². The number of rotatable bonds is 7. The van der Waals surface area contributed by atoms with Crippen molar-refractivity contribution < 1.29 is 24.8 Å². The number of hydrogen-bond donors (Lipinski definition) is 4. The zero-order valence-corrected chi connectivity index (χ0v) is 18.9. The smallest absolute Gasteiger partial charge is 0.274 e. The molecule has 5 atom stereocenters. The lowest BCUT2D eigenvalue weighted by Gasteiger charge is -2.17. The predicted molar refractivity (Wildman–Crippen MR) is 122 cm³/mol. The van der Waals surface area contributed by atoms with Crippen molar-refractivity contribution in [1.82, 2.24) is 24.5 Å². The highest BCUT2D eigenvalue weighted by molar-refractivity contribution is 7.20. The first-order valence-corrected chi connectivity index (χ1v) is 11.4. The van der Waals surface area contributed by atoms with Crippen molar-refractivity contribution in [3.8, 4) is 5.19 Å². The third kappa shape index (κ3) is 4.21. The molecule has 5 rings (SSSR count). The van der Waals surface area contributed by atoms with Gasteiger partial charge in [-0.2, -0.15) is 9.97 Å². The van der Waals surface area contributed by atoms with Gasteiger partial charge in [-0.15, -0.1) is 0 Å². The number of thiazole rings is 1. The zero-order chi connectivity index (χ0) is 23.1. The highest BCUT2D eigenvalue weighted by atomic mass is 35.5. The van der Waals surface area contributed by atoms with E-state index in [1.54, 1.807) is 0 Å². The minimum Gasteiger partial charge on any atom is -0.468 e. The summed E-state index contributed by atoms with van der Waals surface area (Å²) in [6.45, 7) is 1.80. The summed E-state index contributed by atoms with van der Waals surface area (Å²) in [5, 5.41) is 33.5. The summed E-state index contributed by atoms with van der Waals surface area (Å²) in [6.07, 6.45) is -3.00. The van der Waals surface area contributed by atoms with E-state index in [9.17, 15) is 15.3 Å². The first-order valence-electron chi connectivity index (χ1n) is 10.2. The minimum absolute atomic E-state index is 0.0298. The van der Waals surface area contributed by atoms with Crippen molar-refractivity contribution in [1.29, 1.82) is 0 Å². The largest absolute Gasteiger partial charge is 0.468 e. The number of hydrogen-bond acceptors (Lipinski definition) is 11. The Labute approximate surface area is 196 Å². The van der Waals surface area contributed by atoms with Crippen LogP contribution in [0.4, 0.5) is 5.82 Å². The van der Waals surface area contributed by atoms with E-state index in [2.05, 4.69) is 25.3 Å². The van der Waals surface area contributed by atoms with Crippen LogP contribution in [-0.2, 0) is 4.74 Å². The predicted octanol–water partition coefficient (Wildman–Crippen LogP) is 1.58. The zero-order valence-electron chi connectivity index (χ0n) is 17.4. The van der Waals surface area contributed by atoms with Crippen molar-refractivity contribution in [2.75, 3.05) is 18.5 Å².